The summed E-state index contributed by atoms with van der Waals surface area (Å²) in [5, 5.41) is 14.6. The first kappa shape index (κ1) is 11.5. The van der Waals surface area contributed by atoms with E-state index in [1.807, 2.05) is 31.2 Å². The van der Waals surface area contributed by atoms with Crippen LogP contribution < -0.4 is 5.32 Å². The van der Waals surface area contributed by atoms with Crippen LogP contribution in [-0.2, 0) is 6.54 Å². The Morgan fingerprint density at radius 3 is 3.05 bits per heavy atom. The van der Waals surface area contributed by atoms with Crippen molar-refractivity contribution in [3.63, 3.8) is 0 Å². The molecule has 0 spiro atoms. The van der Waals surface area contributed by atoms with Crippen molar-refractivity contribution in [3.8, 4) is 0 Å². The SMILES string of the molecule is CCn1cc(NC(=O)c2n[nH]c3ccccc23)cn1. The Morgan fingerprint density at radius 1 is 1.42 bits per heavy atom. The second-order valence-corrected chi connectivity index (χ2v) is 4.16. The molecule has 96 valence electrons. The number of hydrogen-bond donors (Lipinski definition) is 2. The highest BCUT2D eigenvalue weighted by molar-refractivity contribution is 6.10. The van der Waals surface area contributed by atoms with E-state index in [0.29, 0.717) is 11.4 Å². The van der Waals surface area contributed by atoms with Gasteiger partial charge in [-0.25, -0.2) is 0 Å². The molecule has 1 amide bonds. The van der Waals surface area contributed by atoms with Crippen LogP contribution in [-0.4, -0.2) is 25.9 Å². The molecule has 0 saturated heterocycles. The molecule has 0 fully saturated rings. The van der Waals surface area contributed by atoms with Gasteiger partial charge in [0.15, 0.2) is 5.69 Å². The van der Waals surface area contributed by atoms with Gasteiger partial charge in [0.05, 0.1) is 17.4 Å². The molecule has 3 rings (SSSR count). The lowest BCUT2D eigenvalue weighted by Gasteiger charge is -1.99. The molecule has 2 heterocycles. The number of H-pyrrole nitrogens is 1. The molecule has 0 bridgehead atoms. The maximum atomic E-state index is 12.2. The zero-order chi connectivity index (χ0) is 13.2. The number of aromatic nitrogens is 4. The molecular formula is C13H13N5O. The van der Waals surface area contributed by atoms with Crippen LogP contribution in [0.4, 0.5) is 5.69 Å². The molecule has 0 radical (unpaired) electrons. The topological polar surface area (TPSA) is 75.6 Å². The number of anilines is 1. The zero-order valence-corrected chi connectivity index (χ0v) is 10.4. The molecule has 1 aromatic carbocycles. The third-order valence-electron chi connectivity index (χ3n) is 2.90. The van der Waals surface area contributed by atoms with E-state index in [9.17, 15) is 4.79 Å². The van der Waals surface area contributed by atoms with Crippen LogP contribution in [0.25, 0.3) is 10.9 Å². The Labute approximate surface area is 109 Å². The third kappa shape index (κ3) is 2.08. The average molecular weight is 255 g/mol. The van der Waals surface area contributed by atoms with E-state index in [-0.39, 0.29) is 5.91 Å². The highest BCUT2D eigenvalue weighted by Crippen LogP contribution is 2.16. The Kier molecular flexibility index (Phi) is 2.75. The summed E-state index contributed by atoms with van der Waals surface area (Å²) in [6.07, 6.45) is 3.41. The second kappa shape index (κ2) is 4.56. The van der Waals surface area contributed by atoms with E-state index in [1.165, 1.54) is 0 Å². The summed E-state index contributed by atoms with van der Waals surface area (Å²) in [4.78, 5) is 12.2. The second-order valence-electron chi connectivity index (χ2n) is 4.16. The molecule has 2 N–H and O–H groups in total. The average Bonchev–Trinajstić information content (AvgIpc) is 3.04. The minimum atomic E-state index is -0.242. The summed E-state index contributed by atoms with van der Waals surface area (Å²) < 4.78 is 1.75. The lowest BCUT2D eigenvalue weighted by molar-refractivity contribution is 0.102. The van der Waals surface area contributed by atoms with Crippen molar-refractivity contribution in [3.05, 3.63) is 42.4 Å². The summed E-state index contributed by atoms with van der Waals surface area (Å²) >= 11 is 0. The predicted octanol–water partition coefficient (Wildman–Crippen LogP) is 2.03. The number of amides is 1. The number of aryl methyl sites for hydroxylation is 1. The first-order valence-corrected chi connectivity index (χ1v) is 6.05. The van der Waals surface area contributed by atoms with Gasteiger partial charge in [-0.3, -0.25) is 14.6 Å². The monoisotopic (exact) mass is 255 g/mol. The van der Waals surface area contributed by atoms with Gasteiger partial charge in [-0.2, -0.15) is 10.2 Å². The van der Waals surface area contributed by atoms with Crippen molar-refractivity contribution >= 4 is 22.5 Å². The van der Waals surface area contributed by atoms with Crippen LogP contribution in [0.1, 0.15) is 17.4 Å². The Balaban J connectivity index is 1.87. The van der Waals surface area contributed by atoms with Gasteiger partial charge < -0.3 is 5.32 Å². The third-order valence-corrected chi connectivity index (χ3v) is 2.90. The van der Waals surface area contributed by atoms with Gasteiger partial charge in [-0.05, 0) is 13.0 Å². The highest BCUT2D eigenvalue weighted by atomic mass is 16.1. The molecular weight excluding hydrogens is 242 g/mol. The van der Waals surface area contributed by atoms with Crippen LogP contribution >= 0.6 is 0 Å². The molecule has 0 atom stereocenters. The Hall–Kier alpha value is -2.63. The fraction of sp³-hybridized carbons (Fsp3) is 0.154. The summed E-state index contributed by atoms with van der Waals surface area (Å²) in [6.45, 7) is 2.75. The molecule has 6 nitrogen and oxygen atoms in total. The van der Waals surface area contributed by atoms with Gasteiger partial charge in [0, 0.05) is 18.1 Å². The Morgan fingerprint density at radius 2 is 2.26 bits per heavy atom. The van der Waals surface area contributed by atoms with E-state index >= 15 is 0 Å². The van der Waals surface area contributed by atoms with Gasteiger partial charge >= 0.3 is 0 Å². The molecule has 0 aliphatic heterocycles. The maximum absolute atomic E-state index is 12.2. The van der Waals surface area contributed by atoms with Crippen LogP contribution in [0.5, 0.6) is 0 Å². The smallest absolute Gasteiger partial charge is 0.276 e. The standard InChI is InChI=1S/C13H13N5O/c1-2-18-8-9(7-14-18)15-13(19)12-10-5-3-4-6-11(10)16-17-12/h3-8H,2H2,1H3,(H,15,19)(H,16,17). The fourth-order valence-electron chi connectivity index (χ4n) is 1.93. The molecule has 0 aliphatic rings. The number of aromatic amines is 1. The molecule has 6 heteroatoms. The van der Waals surface area contributed by atoms with E-state index < -0.39 is 0 Å². The van der Waals surface area contributed by atoms with Crippen molar-refractivity contribution in [2.45, 2.75) is 13.5 Å². The normalized spacial score (nSPS) is 10.8. The fourth-order valence-corrected chi connectivity index (χ4v) is 1.93. The number of fused-ring (bicyclic) bond motifs is 1. The van der Waals surface area contributed by atoms with Crippen molar-refractivity contribution in [1.29, 1.82) is 0 Å². The molecule has 19 heavy (non-hydrogen) atoms. The number of carbonyl (C=O) groups is 1. The minimum absolute atomic E-state index is 0.242. The number of benzene rings is 1. The van der Waals surface area contributed by atoms with Crippen molar-refractivity contribution in [2.24, 2.45) is 0 Å². The number of carbonyl (C=O) groups excluding carboxylic acids is 1. The van der Waals surface area contributed by atoms with E-state index in [1.54, 1.807) is 17.1 Å². The maximum Gasteiger partial charge on any atom is 0.276 e. The van der Waals surface area contributed by atoms with E-state index in [2.05, 4.69) is 20.6 Å². The summed E-state index contributed by atoms with van der Waals surface area (Å²) in [5.74, 6) is -0.242. The number of nitrogens with zero attached hydrogens (tertiary/aromatic N) is 3. The molecule has 0 aliphatic carbocycles. The van der Waals surface area contributed by atoms with Crippen LogP contribution in [0, 0.1) is 0 Å². The molecule has 3 aromatic rings. The van der Waals surface area contributed by atoms with Crippen LogP contribution in [0.2, 0.25) is 0 Å². The number of hydrogen-bond acceptors (Lipinski definition) is 3. The zero-order valence-electron chi connectivity index (χ0n) is 10.4. The molecule has 2 aromatic heterocycles. The van der Waals surface area contributed by atoms with Crippen molar-refractivity contribution in [2.75, 3.05) is 5.32 Å². The highest BCUT2D eigenvalue weighted by Gasteiger charge is 2.14. The number of rotatable bonds is 3. The summed E-state index contributed by atoms with van der Waals surface area (Å²) in [6, 6.07) is 7.52. The van der Waals surface area contributed by atoms with Gasteiger partial charge in [0.1, 0.15) is 0 Å². The van der Waals surface area contributed by atoms with Gasteiger partial charge in [0.2, 0.25) is 0 Å². The quantitative estimate of drug-likeness (QED) is 0.752. The Bertz CT molecular complexity index is 727. The molecule has 0 unspecified atom stereocenters. The van der Waals surface area contributed by atoms with Crippen LogP contribution in [0.15, 0.2) is 36.7 Å². The van der Waals surface area contributed by atoms with Gasteiger partial charge in [-0.15, -0.1) is 0 Å². The first-order valence-electron chi connectivity index (χ1n) is 6.05. The summed E-state index contributed by atoms with van der Waals surface area (Å²) in [5.41, 5.74) is 1.90. The van der Waals surface area contributed by atoms with E-state index in [0.717, 1.165) is 17.4 Å². The molecule has 0 saturated carbocycles. The summed E-state index contributed by atoms with van der Waals surface area (Å²) in [7, 11) is 0. The number of nitrogens with one attached hydrogen (secondary N) is 2. The van der Waals surface area contributed by atoms with Crippen molar-refractivity contribution in [1.82, 2.24) is 20.0 Å². The number of para-hydroxylation sites is 1. The van der Waals surface area contributed by atoms with Crippen LogP contribution in [0.3, 0.4) is 0 Å². The lowest BCUT2D eigenvalue weighted by atomic mass is 10.2. The first-order chi connectivity index (χ1) is 9.28. The predicted molar refractivity (Wildman–Crippen MR) is 71.9 cm³/mol. The van der Waals surface area contributed by atoms with Gasteiger partial charge in [0.25, 0.3) is 5.91 Å². The minimum Gasteiger partial charge on any atom is -0.318 e. The largest absolute Gasteiger partial charge is 0.318 e. The van der Waals surface area contributed by atoms with E-state index in [4.69, 9.17) is 0 Å². The van der Waals surface area contributed by atoms with Gasteiger partial charge in [-0.1, -0.05) is 18.2 Å². The lowest BCUT2D eigenvalue weighted by Crippen LogP contribution is -2.12. The van der Waals surface area contributed by atoms with Crippen molar-refractivity contribution < 1.29 is 4.79 Å².